The fourth-order valence-corrected chi connectivity index (χ4v) is 3.65. The molecule has 24 heavy (non-hydrogen) atoms. The van der Waals surface area contributed by atoms with Gasteiger partial charge in [0, 0.05) is 45.0 Å². The van der Waals surface area contributed by atoms with Crippen LogP contribution in [0.25, 0.3) is 0 Å². The van der Waals surface area contributed by atoms with E-state index < -0.39 is 0 Å². The van der Waals surface area contributed by atoms with E-state index in [9.17, 15) is 4.79 Å². The van der Waals surface area contributed by atoms with Crippen molar-refractivity contribution in [2.24, 2.45) is 5.92 Å². The summed E-state index contributed by atoms with van der Waals surface area (Å²) in [7, 11) is 0. The number of likely N-dealkylation sites (tertiary alicyclic amines) is 1. The lowest BCUT2D eigenvalue weighted by Crippen LogP contribution is -2.53. The van der Waals surface area contributed by atoms with Gasteiger partial charge in [-0.1, -0.05) is 24.6 Å². The Labute approximate surface area is 144 Å². The average Bonchev–Trinajstić information content (AvgIpc) is 2.58. The van der Waals surface area contributed by atoms with Crippen LogP contribution in [-0.4, -0.2) is 53.0 Å². The molecule has 0 saturated carbocycles. The summed E-state index contributed by atoms with van der Waals surface area (Å²) in [6, 6.07) is 6.42. The molecule has 1 aromatic heterocycles. The Morgan fingerprint density at radius 2 is 2.25 bits per heavy atom. The lowest BCUT2D eigenvalue weighted by atomic mass is 9.93. The zero-order chi connectivity index (χ0) is 16.9. The fourth-order valence-electron chi connectivity index (χ4n) is 3.65. The molecule has 130 valence electrons. The number of hydrogen-bond donors (Lipinski definition) is 1. The van der Waals surface area contributed by atoms with Crippen molar-refractivity contribution in [2.45, 2.75) is 39.3 Å². The number of carbonyl (C=O) groups is 1. The van der Waals surface area contributed by atoms with Gasteiger partial charge in [-0.15, -0.1) is 0 Å². The van der Waals surface area contributed by atoms with Gasteiger partial charge in [0.25, 0.3) is 0 Å². The van der Waals surface area contributed by atoms with Crippen molar-refractivity contribution in [1.29, 1.82) is 0 Å². The van der Waals surface area contributed by atoms with Crippen LogP contribution in [0.15, 0.2) is 36.0 Å². The predicted octanol–water partition coefficient (Wildman–Crippen LogP) is 2.65. The molecule has 1 aromatic rings. The molecule has 0 aliphatic carbocycles. The van der Waals surface area contributed by atoms with Crippen molar-refractivity contribution in [2.75, 3.05) is 26.2 Å². The quantitative estimate of drug-likeness (QED) is 0.868. The number of amides is 2. The molecule has 0 aromatic carbocycles. The summed E-state index contributed by atoms with van der Waals surface area (Å²) < 4.78 is 0. The van der Waals surface area contributed by atoms with Crippen LogP contribution in [-0.2, 0) is 6.54 Å². The first kappa shape index (κ1) is 17.0. The number of carbonyl (C=O) groups excluding carboxylic acids is 1. The summed E-state index contributed by atoms with van der Waals surface area (Å²) in [4.78, 5) is 21.3. The molecule has 2 unspecified atom stereocenters. The highest BCUT2D eigenvalue weighted by atomic mass is 16.2. The highest BCUT2D eigenvalue weighted by Crippen LogP contribution is 2.19. The summed E-state index contributed by atoms with van der Waals surface area (Å²) in [5.41, 5.74) is 2.40. The first-order chi connectivity index (χ1) is 11.6. The number of aromatic nitrogens is 1. The summed E-state index contributed by atoms with van der Waals surface area (Å²) in [5.74, 6) is 0.452. The fraction of sp³-hybridized carbons (Fsp3) is 0.579. The van der Waals surface area contributed by atoms with Crippen LogP contribution in [0.5, 0.6) is 0 Å². The minimum atomic E-state index is 0.0949. The van der Waals surface area contributed by atoms with Crippen molar-refractivity contribution in [3.63, 3.8) is 0 Å². The van der Waals surface area contributed by atoms with Crippen LogP contribution < -0.4 is 5.32 Å². The van der Waals surface area contributed by atoms with E-state index in [4.69, 9.17) is 0 Å². The number of nitrogens with zero attached hydrogens (tertiary/aromatic N) is 3. The van der Waals surface area contributed by atoms with E-state index in [-0.39, 0.29) is 12.1 Å². The Morgan fingerprint density at radius 3 is 2.96 bits per heavy atom. The lowest BCUT2D eigenvalue weighted by molar-refractivity contribution is 0.133. The van der Waals surface area contributed by atoms with Crippen LogP contribution in [0.1, 0.15) is 32.4 Å². The van der Waals surface area contributed by atoms with E-state index in [1.807, 2.05) is 23.2 Å². The number of hydrogen-bond acceptors (Lipinski definition) is 3. The van der Waals surface area contributed by atoms with Crippen molar-refractivity contribution >= 4 is 6.03 Å². The smallest absolute Gasteiger partial charge is 0.317 e. The van der Waals surface area contributed by atoms with Crippen LogP contribution in [0.3, 0.4) is 0 Å². The number of urea groups is 1. The van der Waals surface area contributed by atoms with Gasteiger partial charge in [0.1, 0.15) is 0 Å². The first-order valence-corrected chi connectivity index (χ1v) is 8.95. The van der Waals surface area contributed by atoms with Crippen molar-refractivity contribution in [1.82, 2.24) is 20.1 Å². The molecule has 3 rings (SSSR count). The molecule has 2 aliphatic heterocycles. The van der Waals surface area contributed by atoms with Gasteiger partial charge in [-0.2, -0.15) is 0 Å². The normalized spacial score (nSPS) is 25.2. The lowest BCUT2D eigenvalue weighted by Gasteiger charge is -2.38. The van der Waals surface area contributed by atoms with E-state index in [1.54, 1.807) is 0 Å². The van der Waals surface area contributed by atoms with E-state index in [1.165, 1.54) is 5.57 Å². The van der Waals surface area contributed by atoms with Gasteiger partial charge in [0.05, 0.1) is 5.69 Å². The van der Waals surface area contributed by atoms with E-state index >= 15 is 0 Å². The molecular weight excluding hydrogens is 300 g/mol. The molecule has 2 amide bonds. The molecule has 0 bridgehead atoms. The van der Waals surface area contributed by atoms with Gasteiger partial charge < -0.3 is 10.2 Å². The van der Waals surface area contributed by atoms with Crippen molar-refractivity contribution in [3.05, 3.63) is 41.7 Å². The average molecular weight is 328 g/mol. The molecule has 0 spiro atoms. The Hall–Kier alpha value is -1.88. The van der Waals surface area contributed by atoms with Crippen molar-refractivity contribution < 1.29 is 4.79 Å². The van der Waals surface area contributed by atoms with Gasteiger partial charge in [-0.25, -0.2) is 4.79 Å². The highest BCUT2D eigenvalue weighted by molar-refractivity contribution is 5.75. The van der Waals surface area contributed by atoms with E-state index in [0.29, 0.717) is 5.92 Å². The van der Waals surface area contributed by atoms with Crippen LogP contribution in [0.2, 0.25) is 0 Å². The highest BCUT2D eigenvalue weighted by Gasteiger charge is 2.29. The molecule has 5 heteroatoms. The standard InChI is InChI=1S/C19H28N4O/c1-15-6-5-10-23(12-15)19(24)21-18-8-11-22(13-16(18)2)14-17-7-3-4-9-20-17/h3-4,6-7,9,16,18H,5,8,10-14H2,1-2H3,(H,21,24). The molecule has 2 atom stereocenters. The van der Waals surface area contributed by atoms with Gasteiger partial charge in [0.2, 0.25) is 0 Å². The number of piperidine rings is 1. The van der Waals surface area contributed by atoms with Crippen LogP contribution in [0, 0.1) is 5.92 Å². The van der Waals surface area contributed by atoms with Crippen LogP contribution >= 0.6 is 0 Å². The predicted molar refractivity (Wildman–Crippen MR) is 95.6 cm³/mol. The first-order valence-electron chi connectivity index (χ1n) is 8.95. The van der Waals surface area contributed by atoms with E-state index in [2.05, 4.69) is 41.2 Å². The largest absolute Gasteiger partial charge is 0.335 e. The maximum atomic E-state index is 12.5. The third-order valence-electron chi connectivity index (χ3n) is 5.03. The molecule has 5 nitrogen and oxygen atoms in total. The molecule has 2 aliphatic rings. The third-order valence-corrected chi connectivity index (χ3v) is 5.03. The third kappa shape index (κ3) is 4.35. The van der Waals surface area contributed by atoms with Gasteiger partial charge in [0.15, 0.2) is 0 Å². The number of rotatable bonds is 3. The maximum absolute atomic E-state index is 12.5. The topological polar surface area (TPSA) is 48.5 Å². The SMILES string of the molecule is CC1=CCCN(C(=O)NC2CCN(Cc3ccccn3)CC2C)C1. The minimum Gasteiger partial charge on any atom is -0.335 e. The molecule has 3 heterocycles. The maximum Gasteiger partial charge on any atom is 0.317 e. The zero-order valence-electron chi connectivity index (χ0n) is 14.7. The van der Waals surface area contributed by atoms with Crippen molar-refractivity contribution in [3.8, 4) is 0 Å². The Kier molecular flexibility index (Phi) is 5.51. The second-order valence-corrected chi connectivity index (χ2v) is 7.14. The Bertz CT molecular complexity index is 586. The summed E-state index contributed by atoms with van der Waals surface area (Å²) in [6.07, 6.45) is 6.04. The van der Waals surface area contributed by atoms with Gasteiger partial charge in [-0.3, -0.25) is 9.88 Å². The summed E-state index contributed by atoms with van der Waals surface area (Å²) in [6.45, 7) is 8.82. The summed E-state index contributed by atoms with van der Waals surface area (Å²) in [5, 5.41) is 3.26. The molecule has 0 radical (unpaired) electrons. The van der Waals surface area contributed by atoms with Gasteiger partial charge >= 0.3 is 6.03 Å². The summed E-state index contributed by atoms with van der Waals surface area (Å²) >= 11 is 0. The second kappa shape index (κ2) is 7.79. The van der Waals surface area contributed by atoms with Gasteiger partial charge in [-0.05, 0) is 37.8 Å². The molecule has 1 fully saturated rings. The monoisotopic (exact) mass is 328 g/mol. The van der Waals surface area contributed by atoms with Crippen LogP contribution in [0.4, 0.5) is 4.79 Å². The molecular formula is C19H28N4O. The number of nitrogens with one attached hydrogen (secondary N) is 1. The zero-order valence-corrected chi connectivity index (χ0v) is 14.7. The Morgan fingerprint density at radius 1 is 1.38 bits per heavy atom. The molecule has 1 N–H and O–H groups in total. The number of pyridine rings is 1. The Balaban J connectivity index is 1.49. The second-order valence-electron chi connectivity index (χ2n) is 7.14. The van der Waals surface area contributed by atoms with E-state index in [0.717, 1.165) is 51.3 Å². The molecule has 1 saturated heterocycles. The minimum absolute atomic E-state index is 0.0949.